The molecule has 0 bridgehead atoms. The number of hydrogen-bond acceptors (Lipinski definition) is 5. The van der Waals surface area contributed by atoms with Crippen LogP contribution in [0, 0.1) is 0 Å². The lowest BCUT2D eigenvalue weighted by Gasteiger charge is -2.01. The number of hydrogen-bond donors (Lipinski definition) is 1. The molecule has 1 aliphatic heterocycles. The summed E-state index contributed by atoms with van der Waals surface area (Å²) >= 11 is 5.83. The molecular formula is C10H10ClN3O2. The van der Waals surface area contributed by atoms with Crippen molar-refractivity contribution in [2.45, 2.75) is 18.9 Å². The van der Waals surface area contributed by atoms with E-state index in [0.717, 1.165) is 19.4 Å². The van der Waals surface area contributed by atoms with Gasteiger partial charge in [0.2, 0.25) is 5.22 Å². The van der Waals surface area contributed by atoms with E-state index in [1.165, 1.54) is 6.26 Å². The number of aromatic nitrogens is 2. The summed E-state index contributed by atoms with van der Waals surface area (Å²) in [7, 11) is 0. The Labute approximate surface area is 96.8 Å². The molecule has 3 rings (SSSR count). The van der Waals surface area contributed by atoms with Gasteiger partial charge in [-0.25, -0.2) is 0 Å². The van der Waals surface area contributed by atoms with Crippen LogP contribution in [-0.2, 0) is 0 Å². The minimum Gasteiger partial charge on any atom is -0.452 e. The summed E-state index contributed by atoms with van der Waals surface area (Å²) in [5.74, 6) is 1.09. The summed E-state index contributed by atoms with van der Waals surface area (Å²) in [6.45, 7) is 1.00. The maximum Gasteiger partial charge on any atom is 0.262 e. The third-order valence-electron chi connectivity index (χ3n) is 2.66. The lowest BCUT2D eigenvalue weighted by molar-refractivity contribution is 0.411. The highest BCUT2D eigenvalue weighted by Gasteiger charge is 2.23. The molecule has 16 heavy (non-hydrogen) atoms. The largest absolute Gasteiger partial charge is 0.452 e. The van der Waals surface area contributed by atoms with Gasteiger partial charge in [-0.15, -0.1) is 0 Å². The van der Waals surface area contributed by atoms with Crippen molar-refractivity contribution in [1.29, 1.82) is 0 Å². The number of nitrogens with one attached hydrogen (secondary N) is 1. The van der Waals surface area contributed by atoms with Crippen LogP contribution >= 0.6 is 11.6 Å². The Bertz CT molecular complexity index is 488. The number of nitrogens with zero attached hydrogens (tertiary/aromatic N) is 2. The van der Waals surface area contributed by atoms with Crippen LogP contribution in [0.1, 0.15) is 24.7 Å². The SMILES string of the molecule is Clc1occc1-c1nc(C2CCCN2)no1. The van der Waals surface area contributed by atoms with Crippen LogP contribution in [0.3, 0.4) is 0 Å². The topological polar surface area (TPSA) is 64.1 Å². The first-order valence-corrected chi connectivity index (χ1v) is 5.53. The maximum atomic E-state index is 5.83. The highest BCUT2D eigenvalue weighted by molar-refractivity contribution is 6.31. The van der Waals surface area contributed by atoms with Gasteiger partial charge in [0, 0.05) is 0 Å². The highest BCUT2D eigenvalue weighted by atomic mass is 35.5. The predicted octanol–water partition coefficient (Wildman–Crippen LogP) is 2.41. The van der Waals surface area contributed by atoms with E-state index in [1.54, 1.807) is 6.07 Å². The fraction of sp³-hybridized carbons (Fsp3) is 0.400. The summed E-state index contributed by atoms with van der Waals surface area (Å²) in [6.07, 6.45) is 3.68. The van der Waals surface area contributed by atoms with Crippen LogP contribution in [0.5, 0.6) is 0 Å². The molecule has 0 radical (unpaired) electrons. The second-order valence-electron chi connectivity index (χ2n) is 3.71. The fourth-order valence-corrected chi connectivity index (χ4v) is 2.03. The molecule has 2 aromatic rings. The smallest absolute Gasteiger partial charge is 0.262 e. The molecule has 0 aliphatic carbocycles. The van der Waals surface area contributed by atoms with Gasteiger partial charge in [-0.1, -0.05) is 5.16 Å². The minimum absolute atomic E-state index is 0.197. The first-order valence-electron chi connectivity index (χ1n) is 5.15. The van der Waals surface area contributed by atoms with Gasteiger partial charge in [0.25, 0.3) is 5.89 Å². The van der Waals surface area contributed by atoms with E-state index < -0.39 is 0 Å². The summed E-state index contributed by atoms with van der Waals surface area (Å²) in [4.78, 5) is 4.31. The van der Waals surface area contributed by atoms with E-state index in [9.17, 15) is 0 Å². The van der Waals surface area contributed by atoms with Gasteiger partial charge < -0.3 is 14.3 Å². The number of furan rings is 1. The average Bonchev–Trinajstić information content (AvgIpc) is 2.96. The molecule has 1 atom stereocenters. The van der Waals surface area contributed by atoms with Crippen molar-refractivity contribution in [1.82, 2.24) is 15.5 Å². The lowest BCUT2D eigenvalue weighted by atomic mass is 10.2. The van der Waals surface area contributed by atoms with E-state index in [4.69, 9.17) is 20.5 Å². The van der Waals surface area contributed by atoms with Crippen LogP contribution in [0.25, 0.3) is 11.5 Å². The number of rotatable bonds is 2. The Hall–Kier alpha value is -1.33. The van der Waals surface area contributed by atoms with E-state index in [-0.39, 0.29) is 11.3 Å². The van der Waals surface area contributed by atoms with Crippen molar-refractivity contribution in [2.75, 3.05) is 6.54 Å². The third-order valence-corrected chi connectivity index (χ3v) is 2.95. The molecule has 5 nitrogen and oxygen atoms in total. The van der Waals surface area contributed by atoms with Gasteiger partial charge in [-0.2, -0.15) is 4.98 Å². The van der Waals surface area contributed by atoms with Crippen LogP contribution < -0.4 is 5.32 Å². The molecule has 0 saturated carbocycles. The molecule has 1 unspecified atom stereocenters. The summed E-state index contributed by atoms with van der Waals surface area (Å²) in [5, 5.41) is 7.52. The van der Waals surface area contributed by atoms with Crippen LogP contribution in [0.4, 0.5) is 0 Å². The van der Waals surface area contributed by atoms with Crippen molar-refractivity contribution in [3.63, 3.8) is 0 Å². The maximum absolute atomic E-state index is 5.83. The Morgan fingerprint density at radius 1 is 1.50 bits per heavy atom. The third kappa shape index (κ3) is 1.62. The predicted molar refractivity (Wildman–Crippen MR) is 57.0 cm³/mol. The Kier molecular flexibility index (Phi) is 2.41. The molecule has 1 fully saturated rings. The second-order valence-corrected chi connectivity index (χ2v) is 4.06. The summed E-state index contributed by atoms with van der Waals surface area (Å²) in [5.41, 5.74) is 0.637. The molecule has 1 saturated heterocycles. The Morgan fingerprint density at radius 2 is 2.44 bits per heavy atom. The van der Waals surface area contributed by atoms with Gasteiger partial charge in [-0.3, -0.25) is 0 Å². The van der Waals surface area contributed by atoms with Crippen molar-refractivity contribution in [3.8, 4) is 11.5 Å². The zero-order chi connectivity index (χ0) is 11.0. The van der Waals surface area contributed by atoms with Crippen LogP contribution in [0.15, 0.2) is 21.3 Å². The van der Waals surface area contributed by atoms with Gasteiger partial charge in [-0.05, 0) is 37.1 Å². The van der Waals surface area contributed by atoms with E-state index in [0.29, 0.717) is 17.3 Å². The van der Waals surface area contributed by atoms with Crippen LogP contribution in [0.2, 0.25) is 5.22 Å². The number of halogens is 1. The zero-order valence-electron chi connectivity index (χ0n) is 8.44. The monoisotopic (exact) mass is 239 g/mol. The molecule has 0 spiro atoms. The molecule has 2 aromatic heterocycles. The zero-order valence-corrected chi connectivity index (χ0v) is 9.20. The quantitative estimate of drug-likeness (QED) is 0.872. The standard InChI is InChI=1S/C10H10ClN3O2/c11-8-6(3-5-15-8)10-13-9(14-16-10)7-2-1-4-12-7/h3,5,7,12H,1-2,4H2. The Balaban J connectivity index is 1.90. The average molecular weight is 240 g/mol. The van der Waals surface area contributed by atoms with E-state index >= 15 is 0 Å². The Morgan fingerprint density at radius 3 is 3.12 bits per heavy atom. The summed E-state index contributed by atoms with van der Waals surface area (Å²) in [6, 6.07) is 1.91. The first-order chi connectivity index (χ1) is 7.84. The molecule has 6 heteroatoms. The molecule has 1 N–H and O–H groups in total. The second kappa shape index (κ2) is 3.92. The first kappa shape index (κ1) is 9.86. The van der Waals surface area contributed by atoms with Crippen LogP contribution in [-0.4, -0.2) is 16.7 Å². The molecule has 0 amide bonds. The highest BCUT2D eigenvalue weighted by Crippen LogP contribution is 2.29. The van der Waals surface area contributed by atoms with E-state index in [1.807, 2.05) is 0 Å². The van der Waals surface area contributed by atoms with Crippen molar-refractivity contribution in [2.24, 2.45) is 0 Å². The van der Waals surface area contributed by atoms with Crippen molar-refractivity contribution < 1.29 is 8.94 Å². The molecule has 84 valence electrons. The molecule has 3 heterocycles. The fourth-order valence-electron chi connectivity index (χ4n) is 1.84. The van der Waals surface area contributed by atoms with Gasteiger partial charge in [0.05, 0.1) is 17.9 Å². The van der Waals surface area contributed by atoms with Gasteiger partial charge >= 0.3 is 0 Å². The van der Waals surface area contributed by atoms with Gasteiger partial charge in [0.15, 0.2) is 5.82 Å². The molecule has 1 aliphatic rings. The van der Waals surface area contributed by atoms with Gasteiger partial charge in [0.1, 0.15) is 0 Å². The van der Waals surface area contributed by atoms with E-state index in [2.05, 4.69) is 15.5 Å². The van der Waals surface area contributed by atoms with Crippen molar-refractivity contribution in [3.05, 3.63) is 23.4 Å². The lowest BCUT2D eigenvalue weighted by Crippen LogP contribution is -2.14. The van der Waals surface area contributed by atoms with Crippen molar-refractivity contribution >= 4 is 11.6 Å². The molecule has 0 aromatic carbocycles. The molecular weight excluding hydrogens is 230 g/mol. The normalized spacial score (nSPS) is 20.4. The minimum atomic E-state index is 0.197. The summed E-state index contributed by atoms with van der Waals surface area (Å²) < 4.78 is 10.1.